The van der Waals surface area contributed by atoms with Crippen LogP contribution in [0.25, 0.3) is 0 Å². The van der Waals surface area contributed by atoms with Gasteiger partial charge in [-0.15, -0.1) is 0 Å². The average molecular weight is 309 g/mol. The molecule has 0 spiro atoms. The number of nitrogens with one attached hydrogen (secondary N) is 1. The average Bonchev–Trinajstić information content (AvgIpc) is 2.20. The number of hydrogen-bond acceptors (Lipinski definition) is 4. The molecule has 0 unspecified atom stereocenters. The molecule has 1 rings (SSSR count). The van der Waals surface area contributed by atoms with Gasteiger partial charge in [-0.1, -0.05) is 15.9 Å². The maximum atomic E-state index is 11.3. The Morgan fingerprint density at radius 2 is 2.12 bits per heavy atom. The van der Waals surface area contributed by atoms with Gasteiger partial charge in [-0.2, -0.15) is 0 Å². The molecule has 1 N–H and O–H groups in total. The van der Waals surface area contributed by atoms with Crippen LogP contribution in [0.5, 0.6) is 0 Å². The van der Waals surface area contributed by atoms with Crippen LogP contribution in [0.3, 0.4) is 0 Å². The lowest BCUT2D eigenvalue weighted by atomic mass is 10.3. The molecule has 0 bridgehead atoms. The van der Waals surface area contributed by atoms with Crippen LogP contribution in [-0.4, -0.2) is 19.1 Å². The number of benzene rings is 1. The van der Waals surface area contributed by atoms with Gasteiger partial charge in [0.2, 0.25) is 10.0 Å². The number of sulfonamides is 1. The van der Waals surface area contributed by atoms with Crippen molar-refractivity contribution < 1.29 is 13.3 Å². The van der Waals surface area contributed by atoms with Crippen LogP contribution < -0.4 is 4.72 Å². The van der Waals surface area contributed by atoms with Gasteiger partial charge >= 0.3 is 0 Å². The molecule has 1 aromatic rings. The fourth-order valence-electron chi connectivity index (χ4n) is 0.982. The highest BCUT2D eigenvalue weighted by atomic mass is 79.9. The second-order valence-corrected chi connectivity index (χ2v) is 5.85. The van der Waals surface area contributed by atoms with E-state index >= 15 is 0 Å². The highest BCUT2D eigenvalue weighted by Gasteiger charge is 2.18. The molecule has 0 fully saturated rings. The Kier molecular flexibility index (Phi) is 3.87. The van der Waals surface area contributed by atoms with Gasteiger partial charge in [-0.3, -0.25) is 14.8 Å². The zero-order chi connectivity index (χ0) is 12.3. The van der Waals surface area contributed by atoms with Crippen molar-refractivity contribution in [1.82, 2.24) is 0 Å². The Hall–Kier alpha value is -1.15. The first-order chi connectivity index (χ1) is 7.35. The van der Waals surface area contributed by atoms with Crippen molar-refractivity contribution in [3.63, 3.8) is 0 Å². The minimum absolute atomic E-state index is 0.0324. The van der Waals surface area contributed by atoms with E-state index < -0.39 is 14.9 Å². The third-order valence-corrected chi connectivity index (χ3v) is 3.59. The first kappa shape index (κ1) is 12.9. The van der Waals surface area contributed by atoms with Gasteiger partial charge in [-0.25, -0.2) is 8.42 Å². The molecule has 0 amide bonds. The van der Waals surface area contributed by atoms with Crippen molar-refractivity contribution in [3.8, 4) is 0 Å². The molecule has 0 aliphatic rings. The molecule has 0 heterocycles. The summed E-state index contributed by atoms with van der Waals surface area (Å²) in [5.41, 5.74) is -0.318. The highest BCUT2D eigenvalue weighted by molar-refractivity contribution is 9.10. The SMILES string of the molecule is CCS(=O)(=O)Nc1ccc(Br)cc1[N+](=O)[O-]. The number of nitro groups is 1. The molecule has 0 saturated carbocycles. The van der Waals surface area contributed by atoms with E-state index in [1.54, 1.807) is 0 Å². The monoisotopic (exact) mass is 308 g/mol. The number of anilines is 1. The molecule has 88 valence electrons. The summed E-state index contributed by atoms with van der Waals surface area (Å²) in [6.07, 6.45) is 0. The predicted molar refractivity (Wildman–Crippen MR) is 63.9 cm³/mol. The molecule has 6 nitrogen and oxygen atoms in total. The molecule has 0 aromatic heterocycles. The summed E-state index contributed by atoms with van der Waals surface area (Å²) in [7, 11) is -3.51. The van der Waals surface area contributed by atoms with Crippen LogP contribution in [0.15, 0.2) is 22.7 Å². The van der Waals surface area contributed by atoms with E-state index in [-0.39, 0.29) is 17.1 Å². The lowest BCUT2D eigenvalue weighted by molar-refractivity contribution is -0.384. The van der Waals surface area contributed by atoms with Crippen molar-refractivity contribution >= 4 is 37.3 Å². The number of nitro benzene ring substituents is 1. The Bertz CT molecular complexity index is 515. The number of nitrogens with zero attached hydrogens (tertiary/aromatic N) is 1. The quantitative estimate of drug-likeness (QED) is 0.681. The van der Waals surface area contributed by atoms with Crippen LogP contribution in [-0.2, 0) is 10.0 Å². The van der Waals surface area contributed by atoms with Crippen molar-refractivity contribution in [3.05, 3.63) is 32.8 Å². The summed E-state index contributed by atoms with van der Waals surface area (Å²) in [5.74, 6) is -0.139. The van der Waals surface area contributed by atoms with Gasteiger partial charge < -0.3 is 0 Å². The molecule has 0 atom stereocenters. The molecule has 8 heteroatoms. The zero-order valence-electron chi connectivity index (χ0n) is 8.31. The maximum Gasteiger partial charge on any atom is 0.294 e. The van der Waals surface area contributed by atoms with Crippen LogP contribution in [0.1, 0.15) is 6.92 Å². The number of halogens is 1. The summed E-state index contributed by atoms with van der Waals surface area (Å²) < 4.78 is 25.2. The highest BCUT2D eigenvalue weighted by Crippen LogP contribution is 2.28. The van der Waals surface area contributed by atoms with E-state index in [9.17, 15) is 18.5 Å². The Labute approximate surface area is 101 Å². The fraction of sp³-hybridized carbons (Fsp3) is 0.250. The van der Waals surface area contributed by atoms with Crippen molar-refractivity contribution in [2.45, 2.75) is 6.92 Å². The minimum atomic E-state index is -3.51. The summed E-state index contributed by atoms with van der Waals surface area (Å²) in [5, 5.41) is 10.7. The van der Waals surface area contributed by atoms with Crippen molar-refractivity contribution in [1.29, 1.82) is 0 Å². The van der Waals surface area contributed by atoms with Gasteiger partial charge in [0.15, 0.2) is 0 Å². The predicted octanol–water partition coefficient (Wildman–Crippen LogP) is 2.12. The summed E-state index contributed by atoms with van der Waals surface area (Å²) in [6.45, 7) is 1.45. The molecule has 0 aliphatic heterocycles. The van der Waals surface area contributed by atoms with E-state index in [2.05, 4.69) is 20.7 Å². The topological polar surface area (TPSA) is 89.3 Å². The maximum absolute atomic E-state index is 11.3. The van der Waals surface area contributed by atoms with E-state index in [4.69, 9.17) is 0 Å². The third kappa shape index (κ3) is 3.17. The second-order valence-electron chi connectivity index (χ2n) is 2.92. The fourth-order valence-corrected chi connectivity index (χ4v) is 1.98. The standard InChI is InChI=1S/C8H9BrN2O4S/c1-2-16(14,15)10-7-4-3-6(9)5-8(7)11(12)13/h3-5,10H,2H2,1H3. The van der Waals surface area contributed by atoms with Gasteiger partial charge in [0.25, 0.3) is 5.69 Å². The zero-order valence-corrected chi connectivity index (χ0v) is 10.7. The van der Waals surface area contributed by atoms with Crippen molar-refractivity contribution in [2.24, 2.45) is 0 Å². The Morgan fingerprint density at radius 3 is 2.62 bits per heavy atom. The summed E-state index contributed by atoms with van der Waals surface area (Å²) in [4.78, 5) is 10.1. The van der Waals surface area contributed by atoms with Crippen LogP contribution in [0.4, 0.5) is 11.4 Å². The first-order valence-electron chi connectivity index (χ1n) is 4.30. The lowest BCUT2D eigenvalue weighted by Crippen LogP contribution is -2.15. The Morgan fingerprint density at radius 1 is 1.50 bits per heavy atom. The first-order valence-corrected chi connectivity index (χ1v) is 6.74. The molecular formula is C8H9BrN2O4S. The Balaban J connectivity index is 3.19. The van der Waals surface area contributed by atoms with Crippen LogP contribution in [0, 0.1) is 10.1 Å². The molecule has 0 aliphatic carbocycles. The second kappa shape index (κ2) is 4.79. The van der Waals surface area contributed by atoms with Gasteiger partial charge in [0.1, 0.15) is 5.69 Å². The molecule has 0 radical (unpaired) electrons. The van der Waals surface area contributed by atoms with Crippen molar-refractivity contribution in [2.75, 3.05) is 10.5 Å². The number of rotatable bonds is 4. The number of hydrogen-bond donors (Lipinski definition) is 1. The molecule has 16 heavy (non-hydrogen) atoms. The van der Waals surface area contributed by atoms with Gasteiger partial charge in [0, 0.05) is 10.5 Å². The van der Waals surface area contributed by atoms with Crippen LogP contribution in [0.2, 0.25) is 0 Å². The third-order valence-electron chi connectivity index (χ3n) is 1.80. The molecular weight excluding hydrogens is 300 g/mol. The van der Waals surface area contributed by atoms with E-state index in [1.807, 2.05) is 0 Å². The molecule has 0 saturated heterocycles. The normalized spacial score (nSPS) is 11.1. The summed E-state index contributed by atoms with van der Waals surface area (Å²) >= 11 is 3.08. The smallest absolute Gasteiger partial charge is 0.277 e. The minimum Gasteiger partial charge on any atom is -0.277 e. The van der Waals surface area contributed by atoms with E-state index in [1.165, 1.54) is 25.1 Å². The summed E-state index contributed by atoms with van der Waals surface area (Å²) in [6, 6.07) is 4.11. The van der Waals surface area contributed by atoms with E-state index in [0.717, 1.165) is 0 Å². The van der Waals surface area contributed by atoms with Gasteiger partial charge in [-0.05, 0) is 19.1 Å². The van der Waals surface area contributed by atoms with Gasteiger partial charge in [0.05, 0.1) is 10.7 Å². The lowest BCUT2D eigenvalue weighted by Gasteiger charge is -2.06. The molecule has 1 aromatic carbocycles. The largest absolute Gasteiger partial charge is 0.294 e. The van der Waals surface area contributed by atoms with Crippen LogP contribution >= 0.6 is 15.9 Å². The van der Waals surface area contributed by atoms with E-state index in [0.29, 0.717) is 4.47 Å².